The van der Waals surface area contributed by atoms with Crippen LogP contribution in [-0.2, 0) is 4.79 Å². The van der Waals surface area contributed by atoms with Crippen molar-refractivity contribution in [3.05, 3.63) is 12.7 Å². The number of amides is 1. The van der Waals surface area contributed by atoms with Crippen LogP contribution >= 0.6 is 0 Å². The molecule has 0 spiro atoms. The molecule has 0 aliphatic heterocycles. The smallest absolute Gasteiger partial charge is 0.243 e. The van der Waals surface area contributed by atoms with Crippen LogP contribution in [0.2, 0.25) is 11.6 Å². The molecule has 0 heterocycles. The predicted octanol–water partition coefficient (Wildman–Crippen LogP) is 3.97. The molecule has 2 nitrogen and oxygen atoms in total. The third kappa shape index (κ3) is 10.4. The normalized spacial score (nSPS) is 12.2. The summed E-state index contributed by atoms with van der Waals surface area (Å²) in [7, 11) is 2.48. The molecular formula is C15H29BNO. The SMILES string of the molecule is C=CC(=O)NCCCCC([B]C(C)C)CCCC. The van der Waals surface area contributed by atoms with E-state index in [-0.39, 0.29) is 5.91 Å². The van der Waals surface area contributed by atoms with Crippen LogP contribution in [0.3, 0.4) is 0 Å². The van der Waals surface area contributed by atoms with Crippen LogP contribution in [0.4, 0.5) is 0 Å². The summed E-state index contributed by atoms with van der Waals surface area (Å²) < 4.78 is 0. The Morgan fingerprint density at radius 1 is 1.28 bits per heavy atom. The molecule has 1 amide bonds. The number of hydrogen-bond acceptors (Lipinski definition) is 1. The number of unbranched alkanes of at least 4 members (excludes halogenated alkanes) is 2. The van der Waals surface area contributed by atoms with Gasteiger partial charge in [0.2, 0.25) is 5.91 Å². The van der Waals surface area contributed by atoms with Gasteiger partial charge in [-0.05, 0) is 12.5 Å². The minimum Gasteiger partial charge on any atom is -0.353 e. The molecule has 1 atom stereocenters. The van der Waals surface area contributed by atoms with Gasteiger partial charge in [-0.2, -0.15) is 0 Å². The minimum absolute atomic E-state index is 0.0636. The molecule has 3 heteroatoms. The highest BCUT2D eigenvalue weighted by molar-refractivity contribution is 6.39. The Hall–Kier alpha value is -0.725. The highest BCUT2D eigenvalue weighted by Crippen LogP contribution is 2.24. The summed E-state index contributed by atoms with van der Waals surface area (Å²) in [6.07, 6.45) is 8.74. The summed E-state index contributed by atoms with van der Waals surface area (Å²) in [6, 6.07) is 0. The lowest BCUT2D eigenvalue weighted by Gasteiger charge is -2.17. The average Bonchev–Trinajstić information content (AvgIpc) is 2.34. The maximum Gasteiger partial charge on any atom is 0.243 e. The van der Waals surface area contributed by atoms with E-state index in [0.29, 0.717) is 5.82 Å². The molecule has 18 heavy (non-hydrogen) atoms. The van der Waals surface area contributed by atoms with E-state index in [1.165, 1.54) is 38.2 Å². The summed E-state index contributed by atoms with van der Waals surface area (Å²) in [5, 5.41) is 2.82. The zero-order valence-electron chi connectivity index (χ0n) is 12.4. The Balaban J connectivity index is 3.67. The van der Waals surface area contributed by atoms with Crippen LogP contribution in [0.15, 0.2) is 12.7 Å². The lowest BCUT2D eigenvalue weighted by atomic mass is 9.53. The molecule has 1 N–H and O–H groups in total. The van der Waals surface area contributed by atoms with Gasteiger partial charge in [0.15, 0.2) is 0 Å². The van der Waals surface area contributed by atoms with Crippen molar-refractivity contribution in [2.75, 3.05) is 6.54 Å². The third-order valence-electron chi connectivity index (χ3n) is 3.07. The van der Waals surface area contributed by atoms with Gasteiger partial charge in [-0.1, -0.05) is 71.1 Å². The van der Waals surface area contributed by atoms with Crippen molar-refractivity contribution >= 4 is 13.2 Å². The van der Waals surface area contributed by atoms with E-state index in [9.17, 15) is 4.79 Å². The summed E-state index contributed by atoms with van der Waals surface area (Å²) in [4.78, 5) is 11.0. The molecule has 0 fully saturated rings. The Kier molecular flexibility index (Phi) is 10.9. The molecule has 0 aromatic rings. The van der Waals surface area contributed by atoms with Gasteiger partial charge in [0, 0.05) is 6.54 Å². The number of rotatable bonds is 11. The van der Waals surface area contributed by atoms with Crippen LogP contribution in [-0.4, -0.2) is 19.7 Å². The Bertz CT molecular complexity index is 229. The molecule has 103 valence electrons. The molecule has 0 rings (SSSR count). The average molecular weight is 250 g/mol. The first-order valence-electron chi connectivity index (χ1n) is 7.35. The van der Waals surface area contributed by atoms with Gasteiger partial charge in [-0.25, -0.2) is 0 Å². The standard InChI is InChI=1S/C15H29BNO/c1-5-7-10-14(16-13(3)4)11-8-9-12-17-15(18)6-2/h6,13-14H,2,5,7-12H2,1,3-4H3,(H,17,18). The Morgan fingerprint density at radius 2 is 1.94 bits per heavy atom. The second-order valence-electron chi connectivity index (χ2n) is 5.33. The van der Waals surface area contributed by atoms with Crippen LogP contribution in [0, 0.1) is 0 Å². The van der Waals surface area contributed by atoms with E-state index in [1.54, 1.807) is 0 Å². The van der Waals surface area contributed by atoms with Gasteiger partial charge >= 0.3 is 0 Å². The topological polar surface area (TPSA) is 29.1 Å². The quantitative estimate of drug-likeness (QED) is 0.335. The molecule has 0 bridgehead atoms. The summed E-state index contributed by atoms with van der Waals surface area (Å²) in [6.45, 7) is 11.0. The fourth-order valence-corrected chi connectivity index (χ4v) is 2.16. The van der Waals surface area contributed by atoms with Crippen molar-refractivity contribution in [2.24, 2.45) is 0 Å². The van der Waals surface area contributed by atoms with Crippen molar-refractivity contribution in [3.8, 4) is 0 Å². The zero-order chi connectivity index (χ0) is 13.8. The molecule has 1 radical (unpaired) electrons. The van der Waals surface area contributed by atoms with Gasteiger partial charge in [0.25, 0.3) is 0 Å². The van der Waals surface area contributed by atoms with E-state index in [4.69, 9.17) is 0 Å². The first-order valence-corrected chi connectivity index (χ1v) is 7.35. The van der Waals surface area contributed by atoms with E-state index in [1.807, 2.05) is 0 Å². The molecule has 0 saturated heterocycles. The van der Waals surface area contributed by atoms with Gasteiger partial charge in [0.1, 0.15) is 7.28 Å². The monoisotopic (exact) mass is 250 g/mol. The van der Waals surface area contributed by atoms with Gasteiger partial charge in [-0.15, -0.1) is 0 Å². The number of carbonyl (C=O) groups excluding carboxylic acids is 1. The van der Waals surface area contributed by atoms with Crippen molar-refractivity contribution in [1.29, 1.82) is 0 Å². The molecule has 0 aromatic heterocycles. The highest BCUT2D eigenvalue weighted by atomic mass is 16.1. The molecular weight excluding hydrogens is 221 g/mol. The summed E-state index contributed by atoms with van der Waals surface area (Å²) in [5.74, 6) is 1.36. The Labute approximate surface area is 114 Å². The van der Waals surface area contributed by atoms with Gasteiger partial charge < -0.3 is 5.32 Å². The fourth-order valence-electron chi connectivity index (χ4n) is 2.16. The van der Waals surface area contributed by atoms with E-state index in [0.717, 1.165) is 18.8 Å². The first kappa shape index (κ1) is 17.3. The van der Waals surface area contributed by atoms with Crippen LogP contribution < -0.4 is 5.32 Å². The number of hydrogen-bond donors (Lipinski definition) is 1. The summed E-state index contributed by atoms with van der Waals surface area (Å²) >= 11 is 0. The van der Waals surface area contributed by atoms with Gasteiger partial charge in [-0.3, -0.25) is 4.79 Å². The van der Waals surface area contributed by atoms with E-state index >= 15 is 0 Å². The van der Waals surface area contributed by atoms with Crippen molar-refractivity contribution < 1.29 is 4.79 Å². The molecule has 0 saturated carbocycles. The predicted molar refractivity (Wildman–Crippen MR) is 81.2 cm³/mol. The largest absolute Gasteiger partial charge is 0.353 e. The second-order valence-corrected chi connectivity index (χ2v) is 5.33. The van der Waals surface area contributed by atoms with Crippen LogP contribution in [0.25, 0.3) is 0 Å². The third-order valence-corrected chi connectivity index (χ3v) is 3.07. The van der Waals surface area contributed by atoms with Crippen LogP contribution in [0.1, 0.15) is 59.3 Å². The molecule has 1 unspecified atom stereocenters. The number of nitrogens with one attached hydrogen (secondary N) is 1. The van der Waals surface area contributed by atoms with E-state index < -0.39 is 0 Å². The van der Waals surface area contributed by atoms with Crippen molar-refractivity contribution in [2.45, 2.75) is 70.9 Å². The van der Waals surface area contributed by atoms with Gasteiger partial charge in [0.05, 0.1) is 0 Å². The maximum atomic E-state index is 11.0. The van der Waals surface area contributed by atoms with E-state index in [2.05, 4.69) is 39.9 Å². The molecule has 0 aliphatic rings. The maximum absolute atomic E-state index is 11.0. The second kappa shape index (κ2) is 11.4. The van der Waals surface area contributed by atoms with Crippen molar-refractivity contribution in [3.63, 3.8) is 0 Å². The first-order chi connectivity index (χ1) is 8.60. The Morgan fingerprint density at radius 3 is 2.50 bits per heavy atom. The summed E-state index contributed by atoms with van der Waals surface area (Å²) in [5.41, 5.74) is 0. The lowest BCUT2D eigenvalue weighted by Crippen LogP contribution is -2.21. The molecule has 0 aromatic carbocycles. The fraction of sp³-hybridized carbons (Fsp3) is 0.800. The lowest BCUT2D eigenvalue weighted by molar-refractivity contribution is -0.116. The number of carbonyl (C=O) groups is 1. The van der Waals surface area contributed by atoms with Crippen LogP contribution in [0.5, 0.6) is 0 Å². The zero-order valence-corrected chi connectivity index (χ0v) is 12.4. The molecule has 0 aliphatic carbocycles. The highest BCUT2D eigenvalue weighted by Gasteiger charge is 2.11. The minimum atomic E-state index is -0.0636. The van der Waals surface area contributed by atoms with Crippen molar-refractivity contribution in [1.82, 2.24) is 5.32 Å².